The van der Waals surface area contributed by atoms with E-state index in [4.69, 9.17) is 4.74 Å². The van der Waals surface area contributed by atoms with Crippen LogP contribution in [0.3, 0.4) is 0 Å². The number of hydrogen-bond donors (Lipinski definition) is 2. The molecule has 0 radical (unpaired) electrons. The van der Waals surface area contributed by atoms with Crippen molar-refractivity contribution in [3.63, 3.8) is 0 Å². The maximum absolute atomic E-state index is 12.7. The number of alkyl halides is 3. The highest BCUT2D eigenvalue weighted by atomic mass is 32.2. The van der Waals surface area contributed by atoms with Gasteiger partial charge in [-0.1, -0.05) is 12.1 Å². The number of rotatable bonds is 8. The molecular formula is C20H23F3N2O4S. The van der Waals surface area contributed by atoms with Crippen molar-refractivity contribution in [1.29, 1.82) is 0 Å². The van der Waals surface area contributed by atoms with Gasteiger partial charge in [-0.05, 0) is 61.7 Å². The first-order valence-corrected chi connectivity index (χ1v) is 10.6. The molecule has 0 aliphatic carbocycles. The van der Waals surface area contributed by atoms with E-state index in [0.29, 0.717) is 29.0 Å². The smallest absolute Gasteiger partial charge is 0.405 e. The third kappa shape index (κ3) is 6.65. The number of ether oxygens (including phenoxy) is 1. The molecule has 0 fully saturated rings. The average Bonchev–Trinajstić information content (AvgIpc) is 2.64. The van der Waals surface area contributed by atoms with Crippen LogP contribution in [0.2, 0.25) is 0 Å². The van der Waals surface area contributed by atoms with E-state index in [0.717, 1.165) is 0 Å². The fraction of sp³-hybridized carbons (Fsp3) is 0.350. The third-order valence-corrected chi connectivity index (χ3v) is 5.45. The lowest BCUT2D eigenvalue weighted by Crippen LogP contribution is -2.34. The Morgan fingerprint density at radius 3 is 2.13 bits per heavy atom. The van der Waals surface area contributed by atoms with Crippen molar-refractivity contribution in [3.8, 4) is 5.75 Å². The molecule has 2 N–H and O–H groups in total. The second kappa shape index (κ2) is 9.38. The molecule has 0 aliphatic heterocycles. The van der Waals surface area contributed by atoms with Crippen LogP contribution in [0.15, 0.2) is 41.3 Å². The second-order valence-corrected chi connectivity index (χ2v) is 8.37. The zero-order valence-electron chi connectivity index (χ0n) is 16.8. The Balaban J connectivity index is 2.08. The first-order valence-electron chi connectivity index (χ1n) is 9.10. The highest BCUT2D eigenvalue weighted by molar-refractivity contribution is 7.92. The molecule has 0 unspecified atom stereocenters. The first kappa shape index (κ1) is 23.5. The van der Waals surface area contributed by atoms with E-state index in [9.17, 15) is 26.4 Å². The molecular weight excluding hydrogens is 421 g/mol. The van der Waals surface area contributed by atoms with Crippen LogP contribution >= 0.6 is 0 Å². The van der Waals surface area contributed by atoms with Crippen molar-refractivity contribution in [2.75, 3.05) is 17.9 Å². The maximum Gasteiger partial charge on any atom is 0.405 e. The summed E-state index contributed by atoms with van der Waals surface area (Å²) in [4.78, 5) is 11.6. The van der Waals surface area contributed by atoms with Crippen LogP contribution in [0, 0.1) is 13.8 Å². The highest BCUT2D eigenvalue weighted by Gasteiger charge is 2.27. The fourth-order valence-corrected chi connectivity index (χ4v) is 4.02. The number of aryl methyl sites for hydroxylation is 2. The number of amides is 1. The summed E-state index contributed by atoms with van der Waals surface area (Å²) in [5.41, 5.74) is 2.10. The van der Waals surface area contributed by atoms with Gasteiger partial charge in [0, 0.05) is 5.69 Å². The van der Waals surface area contributed by atoms with Gasteiger partial charge in [-0.15, -0.1) is 0 Å². The van der Waals surface area contributed by atoms with Crippen molar-refractivity contribution < 1.29 is 31.1 Å². The SMILES string of the molecule is CCOc1c(C)cc(S(=O)(=O)Nc2ccc(CC(=O)NCC(F)(F)F)cc2)cc1C. The summed E-state index contributed by atoms with van der Waals surface area (Å²) in [6.07, 6.45) is -4.73. The van der Waals surface area contributed by atoms with E-state index in [1.165, 1.54) is 36.4 Å². The molecule has 0 heterocycles. The molecule has 30 heavy (non-hydrogen) atoms. The number of carbonyl (C=O) groups excluding carboxylic acids is 1. The van der Waals surface area contributed by atoms with Crippen molar-refractivity contribution >= 4 is 21.6 Å². The summed E-state index contributed by atoms with van der Waals surface area (Å²) in [5.74, 6) is -0.134. The minimum Gasteiger partial charge on any atom is -0.493 e. The summed E-state index contributed by atoms with van der Waals surface area (Å²) in [5, 5.41) is 1.78. The predicted molar refractivity (Wildman–Crippen MR) is 107 cm³/mol. The first-order chi connectivity index (χ1) is 13.9. The van der Waals surface area contributed by atoms with Gasteiger partial charge in [0.25, 0.3) is 10.0 Å². The topological polar surface area (TPSA) is 84.5 Å². The van der Waals surface area contributed by atoms with Crippen LogP contribution in [-0.2, 0) is 21.2 Å². The fourth-order valence-electron chi connectivity index (χ4n) is 2.79. The lowest BCUT2D eigenvalue weighted by Gasteiger charge is -2.14. The largest absolute Gasteiger partial charge is 0.493 e. The van der Waals surface area contributed by atoms with Crippen molar-refractivity contribution in [3.05, 3.63) is 53.1 Å². The minimum absolute atomic E-state index is 0.0801. The molecule has 0 atom stereocenters. The van der Waals surface area contributed by atoms with E-state index in [-0.39, 0.29) is 17.0 Å². The lowest BCUT2D eigenvalue weighted by molar-refractivity contribution is -0.138. The summed E-state index contributed by atoms with van der Waals surface area (Å²) in [7, 11) is -3.86. The summed E-state index contributed by atoms with van der Waals surface area (Å²) < 4.78 is 69.7. The van der Waals surface area contributed by atoms with Gasteiger partial charge in [0.1, 0.15) is 12.3 Å². The van der Waals surface area contributed by atoms with E-state index in [2.05, 4.69) is 4.72 Å². The Bertz CT molecular complexity index is 981. The van der Waals surface area contributed by atoms with E-state index >= 15 is 0 Å². The molecule has 2 aromatic carbocycles. The molecule has 2 aromatic rings. The van der Waals surface area contributed by atoms with Crippen molar-refractivity contribution in [2.24, 2.45) is 0 Å². The second-order valence-electron chi connectivity index (χ2n) is 6.69. The quantitative estimate of drug-likeness (QED) is 0.650. The minimum atomic E-state index is -4.48. The van der Waals surface area contributed by atoms with Gasteiger partial charge in [0.05, 0.1) is 17.9 Å². The normalized spacial score (nSPS) is 11.8. The Morgan fingerprint density at radius 1 is 1.07 bits per heavy atom. The molecule has 0 spiro atoms. The number of anilines is 1. The van der Waals surface area contributed by atoms with Crippen LogP contribution in [0.1, 0.15) is 23.6 Å². The van der Waals surface area contributed by atoms with Gasteiger partial charge >= 0.3 is 6.18 Å². The van der Waals surface area contributed by atoms with Crippen molar-refractivity contribution in [2.45, 2.75) is 38.3 Å². The number of halogens is 3. The van der Waals surface area contributed by atoms with E-state index < -0.39 is 28.7 Å². The molecule has 0 bridgehead atoms. The Hall–Kier alpha value is -2.75. The zero-order valence-corrected chi connectivity index (χ0v) is 17.6. The van der Waals surface area contributed by atoms with Gasteiger partial charge in [0.15, 0.2) is 0 Å². The molecule has 0 saturated heterocycles. The monoisotopic (exact) mass is 444 g/mol. The maximum atomic E-state index is 12.7. The lowest BCUT2D eigenvalue weighted by atomic mass is 10.1. The highest BCUT2D eigenvalue weighted by Crippen LogP contribution is 2.28. The zero-order chi connectivity index (χ0) is 22.5. The van der Waals surface area contributed by atoms with Gasteiger partial charge in [-0.2, -0.15) is 13.2 Å². The summed E-state index contributed by atoms with van der Waals surface area (Å²) in [6, 6.07) is 8.86. The molecule has 2 rings (SSSR count). The van der Waals surface area contributed by atoms with Crippen LogP contribution in [-0.4, -0.2) is 33.7 Å². The van der Waals surface area contributed by atoms with Gasteiger partial charge < -0.3 is 10.1 Å². The predicted octanol–water partition coefficient (Wildman–Crippen LogP) is 3.72. The Morgan fingerprint density at radius 2 is 1.63 bits per heavy atom. The average molecular weight is 444 g/mol. The van der Waals surface area contributed by atoms with Crippen molar-refractivity contribution in [1.82, 2.24) is 5.32 Å². The molecule has 0 aromatic heterocycles. The third-order valence-electron chi connectivity index (χ3n) is 4.09. The van der Waals surface area contributed by atoms with Crippen LogP contribution in [0.4, 0.5) is 18.9 Å². The van der Waals surface area contributed by atoms with Crippen LogP contribution < -0.4 is 14.8 Å². The molecule has 6 nitrogen and oxygen atoms in total. The Kier molecular flexibility index (Phi) is 7.35. The molecule has 1 amide bonds. The van der Waals surface area contributed by atoms with Crippen LogP contribution in [0.25, 0.3) is 0 Å². The molecule has 0 aliphatic rings. The molecule has 164 valence electrons. The van der Waals surface area contributed by atoms with E-state index in [1.807, 2.05) is 6.92 Å². The van der Waals surface area contributed by atoms with Crippen LogP contribution in [0.5, 0.6) is 5.75 Å². The number of carbonyl (C=O) groups is 1. The summed E-state index contributed by atoms with van der Waals surface area (Å²) in [6.45, 7) is 4.43. The van der Waals surface area contributed by atoms with Gasteiger partial charge in [-0.3, -0.25) is 9.52 Å². The molecule has 10 heteroatoms. The van der Waals surface area contributed by atoms with Gasteiger partial charge in [0.2, 0.25) is 5.91 Å². The molecule has 0 saturated carbocycles. The van der Waals surface area contributed by atoms with E-state index in [1.54, 1.807) is 19.2 Å². The Labute approximate surface area is 173 Å². The number of nitrogens with one attached hydrogen (secondary N) is 2. The number of benzene rings is 2. The summed E-state index contributed by atoms with van der Waals surface area (Å²) >= 11 is 0. The number of hydrogen-bond acceptors (Lipinski definition) is 4. The number of sulfonamides is 1. The standard InChI is InChI=1S/C20H23F3N2O4S/c1-4-29-19-13(2)9-17(10-14(19)3)30(27,28)25-16-7-5-15(6-8-16)11-18(26)24-12-20(21,22)23/h5-10,25H,4,11-12H2,1-3H3,(H,24,26). The van der Waals surface area contributed by atoms with Gasteiger partial charge in [-0.25, -0.2) is 8.42 Å².